The van der Waals surface area contributed by atoms with Crippen molar-refractivity contribution in [3.63, 3.8) is 0 Å². The number of hydrogen-bond acceptors (Lipinski definition) is 3. The Morgan fingerprint density at radius 1 is 1.35 bits per heavy atom. The minimum atomic E-state index is -0.421. The van der Waals surface area contributed by atoms with Crippen LogP contribution in [0.1, 0.15) is 39.5 Å². The minimum absolute atomic E-state index is 0.0844. The number of amidine groups is 1. The zero-order valence-electron chi connectivity index (χ0n) is 10.3. The molecule has 3 fully saturated rings. The number of nitrogens with one attached hydrogen (secondary N) is 2. The van der Waals surface area contributed by atoms with Crippen molar-refractivity contribution < 1.29 is 9.53 Å². The van der Waals surface area contributed by atoms with E-state index >= 15 is 0 Å². The fourth-order valence-corrected chi connectivity index (χ4v) is 3.37. The van der Waals surface area contributed by atoms with E-state index in [2.05, 4.69) is 5.32 Å². The van der Waals surface area contributed by atoms with Crippen LogP contribution in [0.25, 0.3) is 0 Å². The molecule has 2 amide bonds. The molecule has 2 atom stereocenters. The van der Waals surface area contributed by atoms with Crippen molar-refractivity contribution in [2.24, 2.45) is 0 Å². The Labute approximate surface area is 101 Å². The molecule has 0 aromatic heterocycles. The molecular weight excluding hydrogens is 218 g/mol. The van der Waals surface area contributed by atoms with Crippen molar-refractivity contribution in [1.82, 2.24) is 10.2 Å². The molecule has 17 heavy (non-hydrogen) atoms. The SMILES string of the molecule is CC1CC2(CC(C)O1)C(=N)NC(=O)N2C1CC1. The van der Waals surface area contributed by atoms with Gasteiger partial charge in [-0.05, 0) is 26.7 Å². The summed E-state index contributed by atoms with van der Waals surface area (Å²) in [6.07, 6.45) is 3.84. The number of amides is 2. The molecule has 94 valence electrons. The highest BCUT2D eigenvalue weighted by atomic mass is 16.5. The standard InChI is InChI=1S/C12H19N3O2/c1-7-5-12(6-8(2)17-7)10(13)14-11(16)15(12)9-3-4-9/h7-9H,3-6H2,1-2H3,(H2,13,14,16). The van der Waals surface area contributed by atoms with Gasteiger partial charge in [-0.2, -0.15) is 0 Å². The average molecular weight is 237 g/mol. The highest BCUT2D eigenvalue weighted by Crippen LogP contribution is 2.43. The number of carbonyl (C=O) groups excluding carboxylic acids is 1. The van der Waals surface area contributed by atoms with Crippen molar-refractivity contribution in [3.05, 3.63) is 0 Å². The summed E-state index contributed by atoms with van der Waals surface area (Å²) in [5.41, 5.74) is -0.421. The van der Waals surface area contributed by atoms with Gasteiger partial charge in [-0.1, -0.05) is 0 Å². The quantitative estimate of drug-likeness (QED) is 0.725. The Hall–Kier alpha value is -1.10. The van der Waals surface area contributed by atoms with E-state index in [-0.39, 0.29) is 18.2 Å². The van der Waals surface area contributed by atoms with Gasteiger partial charge in [-0.15, -0.1) is 0 Å². The second kappa shape index (κ2) is 3.45. The van der Waals surface area contributed by atoms with Crippen LogP contribution in [0.2, 0.25) is 0 Å². The number of urea groups is 1. The summed E-state index contributed by atoms with van der Waals surface area (Å²) in [6, 6.07) is 0.258. The van der Waals surface area contributed by atoms with E-state index in [1.54, 1.807) is 0 Å². The summed E-state index contributed by atoms with van der Waals surface area (Å²) in [5, 5.41) is 10.8. The molecule has 1 aliphatic carbocycles. The highest BCUT2D eigenvalue weighted by molar-refractivity contribution is 6.08. The molecule has 2 N–H and O–H groups in total. The van der Waals surface area contributed by atoms with Gasteiger partial charge >= 0.3 is 6.03 Å². The maximum Gasteiger partial charge on any atom is 0.323 e. The molecule has 1 spiro atoms. The summed E-state index contributed by atoms with van der Waals surface area (Å²) in [5.74, 6) is 0.372. The Balaban J connectivity index is 1.96. The van der Waals surface area contributed by atoms with Gasteiger partial charge in [0.15, 0.2) is 0 Å². The van der Waals surface area contributed by atoms with E-state index < -0.39 is 5.54 Å². The maximum atomic E-state index is 12.0. The van der Waals surface area contributed by atoms with Crippen LogP contribution in [0.3, 0.4) is 0 Å². The maximum absolute atomic E-state index is 12.0. The molecule has 0 aromatic rings. The Morgan fingerprint density at radius 3 is 2.47 bits per heavy atom. The molecule has 2 unspecified atom stereocenters. The molecule has 0 aromatic carbocycles. The lowest BCUT2D eigenvalue weighted by molar-refractivity contribution is -0.0720. The van der Waals surface area contributed by atoms with E-state index in [1.165, 1.54) is 0 Å². The third-order valence-electron chi connectivity index (χ3n) is 4.00. The molecule has 3 aliphatic rings. The number of ether oxygens (including phenoxy) is 1. The van der Waals surface area contributed by atoms with E-state index in [4.69, 9.17) is 10.1 Å². The molecule has 2 saturated heterocycles. The lowest BCUT2D eigenvalue weighted by Gasteiger charge is -2.44. The highest BCUT2D eigenvalue weighted by Gasteiger charge is 2.57. The van der Waals surface area contributed by atoms with E-state index in [0.29, 0.717) is 11.9 Å². The molecule has 3 rings (SSSR count). The molecular formula is C12H19N3O2. The normalized spacial score (nSPS) is 42.1. The molecule has 0 bridgehead atoms. The molecule has 0 radical (unpaired) electrons. The lowest BCUT2D eigenvalue weighted by atomic mass is 9.82. The minimum Gasteiger partial charge on any atom is -0.375 e. The summed E-state index contributed by atoms with van der Waals surface area (Å²) in [7, 11) is 0. The Morgan fingerprint density at radius 2 is 1.94 bits per heavy atom. The van der Waals surface area contributed by atoms with Crippen molar-refractivity contribution in [2.45, 2.75) is 63.3 Å². The first kappa shape index (κ1) is 11.0. The van der Waals surface area contributed by atoms with Gasteiger partial charge in [0.05, 0.1) is 12.2 Å². The first-order valence-corrected chi connectivity index (χ1v) is 6.38. The van der Waals surface area contributed by atoms with Crippen molar-refractivity contribution >= 4 is 11.9 Å². The van der Waals surface area contributed by atoms with Crippen LogP contribution in [0.5, 0.6) is 0 Å². The second-order valence-corrected chi connectivity index (χ2v) is 5.60. The van der Waals surface area contributed by atoms with Gasteiger partial charge in [-0.3, -0.25) is 10.7 Å². The smallest absolute Gasteiger partial charge is 0.323 e. The fourth-order valence-electron chi connectivity index (χ4n) is 3.37. The number of hydrogen-bond donors (Lipinski definition) is 2. The molecule has 5 heteroatoms. The summed E-state index contributed by atoms with van der Waals surface area (Å²) in [4.78, 5) is 13.9. The van der Waals surface area contributed by atoms with Gasteiger partial charge in [0.25, 0.3) is 0 Å². The van der Waals surface area contributed by atoms with Gasteiger partial charge in [0.2, 0.25) is 0 Å². The Bertz CT molecular complexity index is 368. The van der Waals surface area contributed by atoms with Gasteiger partial charge in [0.1, 0.15) is 11.4 Å². The average Bonchev–Trinajstić information content (AvgIpc) is 2.96. The van der Waals surface area contributed by atoms with Crippen molar-refractivity contribution in [3.8, 4) is 0 Å². The third kappa shape index (κ3) is 1.56. The Kier molecular flexibility index (Phi) is 2.23. The lowest BCUT2D eigenvalue weighted by Crippen LogP contribution is -2.57. The van der Waals surface area contributed by atoms with Crippen molar-refractivity contribution in [1.29, 1.82) is 5.41 Å². The number of nitrogens with zero attached hydrogens (tertiary/aromatic N) is 1. The first-order chi connectivity index (χ1) is 8.03. The van der Waals surface area contributed by atoms with Crippen LogP contribution < -0.4 is 5.32 Å². The van der Waals surface area contributed by atoms with Crippen molar-refractivity contribution in [2.75, 3.05) is 0 Å². The molecule has 2 heterocycles. The topological polar surface area (TPSA) is 65.4 Å². The van der Waals surface area contributed by atoms with Crippen LogP contribution >= 0.6 is 0 Å². The van der Waals surface area contributed by atoms with E-state index in [1.807, 2.05) is 18.7 Å². The summed E-state index contributed by atoms with van der Waals surface area (Å²) >= 11 is 0. The van der Waals surface area contributed by atoms with Gasteiger partial charge in [0, 0.05) is 18.9 Å². The molecule has 1 saturated carbocycles. The largest absolute Gasteiger partial charge is 0.375 e. The number of carbonyl (C=O) groups is 1. The van der Waals surface area contributed by atoms with Gasteiger partial charge in [-0.25, -0.2) is 4.79 Å². The molecule has 5 nitrogen and oxygen atoms in total. The van der Waals surface area contributed by atoms with Crippen LogP contribution in [-0.2, 0) is 4.74 Å². The second-order valence-electron chi connectivity index (χ2n) is 5.60. The summed E-state index contributed by atoms with van der Waals surface area (Å²) < 4.78 is 5.74. The molecule has 2 aliphatic heterocycles. The van der Waals surface area contributed by atoms with E-state index in [9.17, 15) is 4.79 Å². The monoisotopic (exact) mass is 237 g/mol. The zero-order valence-corrected chi connectivity index (χ0v) is 10.3. The zero-order chi connectivity index (χ0) is 12.2. The first-order valence-electron chi connectivity index (χ1n) is 6.38. The predicted octanol–water partition coefficient (Wildman–Crippen LogP) is 1.48. The third-order valence-corrected chi connectivity index (χ3v) is 4.00. The predicted molar refractivity (Wildman–Crippen MR) is 63.1 cm³/mol. The fraction of sp³-hybridized carbons (Fsp3) is 0.833. The van der Waals surface area contributed by atoms with Gasteiger partial charge < -0.3 is 9.64 Å². The van der Waals surface area contributed by atoms with E-state index in [0.717, 1.165) is 25.7 Å². The summed E-state index contributed by atoms with van der Waals surface area (Å²) in [6.45, 7) is 4.05. The number of rotatable bonds is 1. The van der Waals surface area contributed by atoms with Crippen LogP contribution in [-0.4, -0.2) is 40.6 Å². The van der Waals surface area contributed by atoms with Crippen LogP contribution in [0.4, 0.5) is 4.79 Å². The van der Waals surface area contributed by atoms with Crippen LogP contribution in [0, 0.1) is 5.41 Å². The van der Waals surface area contributed by atoms with Crippen LogP contribution in [0.15, 0.2) is 0 Å².